The zero-order valence-electron chi connectivity index (χ0n) is 17.9. The van der Waals surface area contributed by atoms with Gasteiger partial charge in [0.05, 0.1) is 20.0 Å². The Hall–Kier alpha value is -2.09. The van der Waals surface area contributed by atoms with Crippen LogP contribution in [0.15, 0.2) is 83.5 Å². The highest BCUT2D eigenvalue weighted by molar-refractivity contribution is 7.63. The molecule has 0 spiro atoms. The predicted octanol–water partition coefficient (Wildman–Crippen LogP) is 6.99. The van der Waals surface area contributed by atoms with Crippen molar-refractivity contribution in [1.82, 2.24) is 0 Å². The molecule has 3 aromatic rings. The van der Waals surface area contributed by atoms with E-state index >= 15 is 0 Å². The van der Waals surface area contributed by atoms with Gasteiger partial charge in [-0.3, -0.25) is 0 Å². The van der Waals surface area contributed by atoms with Crippen molar-refractivity contribution in [1.29, 1.82) is 0 Å². The van der Waals surface area contributed by atoms with E-state index in [1.54, 1.807) is 6.26 Å². The first-order valence-electron chi connectivity index (χ1n) is 11.0. The van der Waals surface area contributed by atoms with Crippen molar-refractivity contribution in [2.45, 2.75) is 38.7 Å². The lowest BCUT2D eigenvalue weighted by Crippen LogP contribution is -2.12. The molecule has 1 atom stereocenters. The average molecular weight is 425 g/mol. The van der Waals surface area contributed by atoms with Gasteiger partial charge in [0, 0.05) is 18.5 Å². The van der Waals surface area contributed by atoms with E-state index in [2.05, 4.69) is 31.2 Å². The minimum absolute atomic E-state index is 0.0540. The van der Waals surface area contributed by atoms with Gasteiger partial charge in [0.1, 0.15) is 11.9 Å². The Morgan fingerprint density at radius 2 is 1.43 bits per heavy atom. The van der Waals surface area contributed by atoms with Crippen LogP contribution in [0.2, 0.25) is 0 Å². The third-order valence-electron chi connectivity index (χ3n) is 5.53. The van der Waals surface area contributed by atoms with Gasteiger partial charge >= 0.3 is 0 Å². The Bertz CT molecular complexity index is 828. The van der Waals surface area contributed by atoms with Crippen LogP contribution in [0.25, 0.3) is 0 Å². The third kappa shape index (κ3) is 7.31. The fourth-order valence-corrected chi connectivity index (χ4v) is 6.14. The Labute approximate surface area is 180 Å². The van der Waals surface area contributed by atoms with Crippen molar-refractivity contribution in [3.63, 3.8) is 0 Å². The summed E-state index contributed by atoms with van der Waals surface area (Å²) in [6, 6.07) is 24.6. The summed E-state index contributed by atoms with van der Waals surface area (Å²) in [6.07, 6.45) is 7.34. The van der Waals surface area contributed by atoms with E-state index in [9.17, 15) is 4.57 Å². The number of rotatable bonds is 13. The van der Waals surface area contributed by atoms with Gasteiger partial charge in [0.25, 0.3) is 0 Å². The molecule has 30 heavy (non-hydrogen) atoms. The van der Waals surface area contributed by atoms with Gasteiger partial charge in [0.2, 0.25) is 0 Å². The van der Waals surface area contributed by atoms with Gasteiger partial charge in [-0.15, -0.1) is 0 Å². The zero-order valence-corrected chi connectivity index (χ0v) is 18.8. The molecular formula is C26H33O3P. The molecule has 0 saturated heterocycles. The Morgan fingerprint density at radius 1 is 0.833 bits per heavy atom. The van der Waals surface area contributed by atoms with Gasteiger partial charge in [-0.05, 0) is 42.5 Å². The highest BCUT2D eigenvalue weighted by Gasteiger charge is 2.23. The maximum Gasteiger partial charge on any atom is 0.132 e. The highest BCUT2D eigenvalue weighted by Crippen LogP contribution is 2.46. The molecule has 3 nitrogen and oxygen atoms in total. The number of ether oxygens (including phenoxy) is 1. The van der Waals surface area contributed by atoms with Crippen molar-refractivity contribution in [2.75, 3.05) is 25.1 Å². The van der Waals surface area contributed by atoms with Crippen LogP contribution < -0.4 is 0 Å². The first kappa shape index (κ1) is 22.6. The van der Waals surface area contributed by atoms with Gasteiger partial charge in [-0.25, -0.2) is 0 Å². The van der Waals surface area contributed by atoms with Gasteiger partial charge in [0.15, 0.2) is 0 Å². The summed E-state index contributed by atoms with van der Waals surface area (Å²) in [7, 11) is -2.36. The molecule has 0 bridgehead atoms. The second kappa shape index (κ2) is 11.9. The highest BCUT2D eigenvalue weighted by atomic mass is 31.2. The van der Waals surface area contributed by atoms with Gasteiger partial charge < -0.3 is 13.7 Å². The Balaban J connectivity index is 1.61. The molecule has 0 saturated carbocycles. The largest absolute Gasteiger partial charge is 0.467 e. The predicted molar refractivity (Wildman–Crippen MR) is 125 cm³/mol. The molecule has 3 rings (SSSR count). The summed E-state index contributed by atoms with van der Waals surface area (Å²) < 4.78 is 25.6. The normalized spacial score (nSPS) is 12.7. The zero-order chi connectivity index (χ0) is 21.1. The topological polar surface area (TPSA) is 39.4 Å². The first-order valence-corrected chi connectivity index (χ1v) is 13.2. The quantitative estimate of drug-likeness (QED) is 0.278. The van der Waals surface area contributed by atoms with Crippen LogP contribution in [0, 0.1) is 0 Å². The van der Waals surface area contributed by atoms with Crippen LogP contribution in [-0.2, 0) is 22.1 Å². The number of hydrogen-bond donors (Lipinski definition) is 0. The Kier molecular flexibility index (Phi) is 8.99. The van der Waals surface area contributed by atoms with E-state index in [1.165, 1.54) is 11.1 Å². The maximum atomic E-state index is 13.9. The van der Waals surface area contributed by atoms with Crippen LogP contribution in [0.4, 0.5) is 0 Å². The van der Waals surface area contributed by atoms with Crippen LogP contribution in [-0.4, -0.2) is 25.1 Å². The summed E-state index contributed by atoms with van der Waals surface area (Å²) >= 11 is 0. The van der Waals surface area contributed by atoms with Crippen LogP contribution in [0.5, 0.6) is 0 Å². The lowest BCUT2D eigenvalue weighted by Gasteiger charge is -2.21. The van der Waals surface area contributed by atoms with Gasteiger partial charge in [-0.2, -0.15) is 0 Å². The third-order valence-corrected chi connectivity index (χ3v) is 8.61. The van der Waals surface area contributed by atoms with Crippen molar-refractivity contribution < 1.29 is 13.7 Å². The van der Waals surface area contributed by atoms with E-state index in [0.717, 1.165) is 43.8 Å². The van der Waals surface area contributed by atoms with E-state index in [1.807, 2.05) is 48.5 Å². The number of benzene rings is 2. The Morgan fingerprint density at radius 3 is 1.93 bits per heavy atom. The molecule has 0 aliphatic carbocycles. The van der Waals surface area contributed by atoms with Crippen LogP contribution >= 0.6 is 7.14 Å². The molecule has 4 heteroatoms. The lowest BCUT2D eigenvalue weighted by atomic mass is 10.1. The van der Waals surface area contributed by atoms with Crippen molar-refractivity contribution in [3.05, 3.63) is 95.9 Å². The number of aryl methyl sites for hydroxylation is 2. The molecule has 0 amide bonds. The summed E-state index contributed by atoms with van der Waals surface area (Å²) in [5.41, 5.74) is 2.50. The van der Waals surface area contributed by atoms with E-state index < -0.39 is 7.14 Å². The average Bonchev–Trinajstić information content (AvgIpc) is 3.32. The molecule has 0 radical (unpaired) electrons. The SMILES string of the molecule is CCCC(OCCP(=O)(CCc1ccccc1)CCc1ccccc1)c1ccco1. The molecule has 0 N–H and O–H groups in total. The molecule has 1 aromatic heterocycles. The monoisotopic (exact) mass is 424 g/mol. The molecule has 2 aromatic carbocycles. The fourth-order valence-electron chi connectivity index (χ4n) is 3.70. The fraction of sp³-hybridized carbons (Fsp3) is 0.385. The van der Waals surface area contributed by atoms with E-state index in [4.69, 9.17) is 9.15 Å². The summed E-state index contributed by atoms with van der Waals surface area (Å²) in [5.74, 6) is 0.861. The minimum Gasteiger partial charge on any atom is -0.467 e. The standard InChI is InChI=1S/C26H33O3P/c1-2-10-25(26-15-9-18-28-26)29-19-22-30(27,20-16-23-11-5-3-6-12-23)21-17-24-13-7-4-8-14-24/h3-9,11-15,18,25H,2,10,16-17,19-22H2,1H3. The number of hydrogen-bond acceptors (Lipinski definition) is 3. The maximum absolute atomic E-state index is 13.9. The summed E-state index contributed by atoms with van der Waals surface area (Å²) in [6.45, 7) is 2.65. The molecule has 1 unspecified atom stereocenters. The van der Waals surface area contributed by atoms with Crippen molar-refractivity contribution in [3.8, 4) is 0 Å². The molecular weight excluding hydrogens is 391 g/mol. The molecule has 160 valence electrons. The molecule has 0 aliphatic rings. The molecule has 0 aliphatic heterocycles. The van der Waals surface area contributed by atoms with Gasteiger partial charge in [-0.1, -0.05) is 74.0 Å². The van der Waals surface area contributed by atoms with E-state index in [-0.39, 0.29) is 6.10 Å². The van der Waals surface area contributed by atoms with Crippen molar-refractivity contribution in [2.24, 2.45) is 0 Å². The van der Waals surface area contributed by atoms with Crippen LogP contribution in [0.3, 0.4) is 0 Å². The number of furan rings is 1. The van der Waals surface area contributed by atoms with Crippen LogP contribution in [0.1, 0.15) is 42.8 Å². The molecule has 0 fully saturated rings. The first-order chi connectivity index (χ1) is 14.7. The molecule has 1 heterocycles. The second-order valence-corrected chi connectivity index (χ2v) is 11.3. The van der Waals surface area contributed by atoms with Crippen molar-refractivity contribution >= 4 is 7.14 Å². The summed E-state index contributed by atoms with van der Waals surface area (Å²) in [5, 5.41) is 0. The smallest absolute Gasteiger partial charge is 0.132 e. The summed E-state index contributed by atoms with van der Waals surface area (Å²) in [4.78, 5) is 0. The van der Waals surface area contributed by atoms with E-state index in [0.29, 0.717) is 12.8 Å². The lowest BCUT2D eigenvalue weighted by molar-refractivity contribution is 0.0411. The minimum atomic E-state index is -2.36. The second-order valence-electron chi connectivity index (χ2n) is 7.86.